The number of benzene rings is 2. The van der Waals surface area contributed by atoms with E-state index in [1.54, 1.807) is 24.1 Å². The molecule has 0 aromatic heterocycles. The van der Waals surface area contributed by atoms with Gasteiger partial charge >= 0.3 is 0 Å². The van der Waals surface area contributed by atoms with Gasteiger partial charge in [0.15, 0.2) is 0 Å². The molecule has 1 fully saturated rings. The molecule has 0 bridgehead atoms. The number of nitrogens with one attached hydrogen (secondary N) is 1. The number of carbonyl (C=O) groups is 2. The molecule has 136 valence electrons. The first-order valence-electron chi connectivity index (χ1n) is 8.84. The Labute approximate surface area is 154 Å². The highest BCUT2D eigenvalue weighted by atomic mass is 16.5. The fourth-order valence-electron chi connectivity index (χ4n) is 3.18. The van der Waals surface area contributed by atoms with E-state index in [1.165, 1.54) is 5.56 Å². The molecular weight excluding hydrogens is 328 g/mol. The first kappa shape index (κ1) is 18.0. The van der Waals surface area contributed by atoms with Gasteiger partial charge in [0.2, 0.25) is 5.91 Å². The van der Waals surface area contributed by atoms with Crippen molar-refractivity contribution in [2.75, 3.05) is 20.2 Å². The van der Waals surface area contributed by atoms with Gasteiger partial charge in [0.1, 0.15) is 11.8 Å². The van der Waals surface area contributed by atoms with Crippen molar-refractivity contribution >= 4 is 11.8 Å². The van der Waals surface area contributed by atoms with Crippen molar-refractivity contribution in [2.24, 2.45) is 0 Å². The topological polar surface area (TPSA) is 58.6 Å². The van der Waals surface area contributed by atoms with Gasteiger partial charge in [-0.25, -0.2) is 0 Å². The molecular formula is C21H24N2O3. The lowest BCUT2D eigenvalue weighted by atomic mass is 9.99. The molecule has 26 heavy (non-hydrogen) atoms. The normalized spacial score (nSPS) is 17.2. The van der Waals surface area contributed by atoms with E-state index in [0.29, 0.717) is 30.3 Å². The second kappa shape index (κ2) is 7.60. The third-order valence-corrected chi connectivity index (χ3v) is 4.73. The van der Waals surface area contributed by atoms with Crippen molar-refractivity contribution < 1.29 is 14.3 Å². The van der Waals surface area contributed by atoms with Crippen molar-refractivity contribution in [3.05, 3.63) is 65.2 Å². The minimum absolute atomic E-state index is 0.129. The van der Waals surface area contributed by atoms with E-state index in [-0.39, 0.29) is 11.8 Å². The predicted octanol–water partition coefficient (Wildman–Crippen LogP) is 3.13. The van der Waals surface area contributed by atoms with Gasteiger partial charge < -0.3 is 15.0 Å². The largest absolute Gasteiger partial charge is 0.497 e. The maximum Gasteiger partial charge on any atom is 0.254 e. The van der Waals surface area contributed by atoms with Gasteiger partial charge in [-0.2, -0.15) is 0 Å². The number of amides is 2. The molecule has 1 heterocycles. The van der Waals surface area contributed by atoms with Crippen LogP contribution in [0.5, 0.6) is 5.75 Å². The zero-order chi connectivity index (χ0) is 18.7. The van der Waals surface area contributed by atoms with Crippen LogP contribution in [0, 0.1) is 0 Å². The van der Waals surface area contributed by atoms with Crippen LogP contribution < -0.4 is 10.1 Å². The van der Waals surface area contributed by atoms with Gasteiger partial charge in [0.25, 0.3) is 5.91 Å². The SMILES string of the molecule is COc1ccc(C2C(=O)NCCN2C(=O)c2ccc(C(C)C)cc2)cc1. The summed E-state index contributed by atoms with van der Waals surface area (Å²) < 4.78 is 5.18. The molecule has 0 radical (unpaired) electrons. The summed E-state index contributed by atoms with van der Waals surface area (Å²) in [5, 5.41) is 2.86. The number of ether oxygens (including phenoxy) is 1. The molecule has 2 amide bonds. The van der Waals surface area contributed by atoms with E-state index < -0.39 is 6.04 Å². The minimum atomic E-state index is -0.632. The third kappa shape index (κ3) is 3.57. The lowest BCUT2D eigenvalue weighted by Gasteiger charge is -2.35. The first-order chi connectivity index (χ1) is 12.5. The van der Waals surface area contributed by atoms with E-state index in [0.717, 1.165) is 5.56 Å². The van der Waals surface area contributed by atoms with E-state index >= 15 is 0 Å². The average molecular weight is 352 g/mol. The fourth-order valence-corrected chi connectivity index (χ4v) is 3.18. The Morgan fingerprint density at radius 1 is 1.12 bits per heavy atom. The van der Waals surface area contributed by atoms with E-state index in [4.69, 9.17) is 4.74 Å². The van der Waals surface area contributed by atoms with Gasteiger partial charge in [-0.3, -0.25) is 9.59 Å². The van der Waals surface area contributed by atoms with Gasteiger partial charge in [-0.1, -0.05) is 38.1 Å². The Balaban J connectivity index is 1.89. The molecule has 5 nitrogen and oxygen atoms in total. The summed E-state index contributed by atoms with van der Waals surface area (Å²) in [7, 11) is 1.60. The second-order valence-electron chi connectivity index (χ2n) is 6.74. The molecule has 3 rings (SSSR count). The molecule has 0 aliphatic carbocycles. The molecule has 1 unspecified atom stereocenters. The minimum Gasteiger partial charge on any atom is -0.497 e. The number of hydrogen-bond donors (Lipinski definition) is 1. The smallest absolute Gasteiger partial charge is 0.254 e. The Morgan fingerprint density at radius 2 is 1.77 bits per heavy atom. The molecule has 2 aromatic carbocycles. The van der Waals surface area contributed by atoms with Crippen molar-refractivity contribution in [3.63, 3.8) is 0 Å². The monoisotopic (exact) mass is 352 g/mol. The number of piperazine rings is 1. The van der Waals surface area contributed by atoms with E-state index in [9.17, 15) is 9.59 Å². The Bertz CT molecular complexity index is 782. The molecule has 0 spiro atoms. The maximum atomic E-state index is 13.1. The molecule has 2 aromatic rings. The summed E-state index contributed by atoms with van der Waals surface area (Å²) in [5.74, 6) is 0.837. The van der Waals surface area contributed by atoms with Gasteiger partial charge in [0, 0.05) is 18.7 Å². The van der Waals surface area contributed by atoms with Crippen LogP contribution in [0.4, 0.5) is 0 Å². The summed E-state index contributed by atoms with van der Waals surface area (Å²) in [6.45, 7) is 5.17. The van der Waals surface area contributed by atoms with Crippen LogP contribution in [-0.2, 0) is 4.79 Å². The van der Waals surface area contributed by atoms with Crippen LogP contribution in [0.15, 0.2) is 48.5 Å². The summed E-state index contributed by atoms with van der Waals surface area (Å²) in [6.07, 6.45) is 0. The van der Waals surface area contributed by atoms with Crippen LogP contribution >= 0.6 is 0 Å². The van der Waals surface area contributed by atoms with Gasteiger partial charge in [-0.05, 0) is 41.3 Å². The number of nitrogens with zero attached hydrogens (tertiary/aromatic N) is 1. The van der Waals surface area contributed by atoms with Crippen LogP contribution in [0.2, 0.25) is 0 Å². The highest BCUT2D eigenvalue weighted by Gasteiger charge is 2.34. The highest BCUT2D eigenvalue weighted by Crippen LogP contribution is 2.27. The number of hydrogen-bond acceptors (Lipinski definition) is 3. The molecule has 1 N–H and O–H groups in total. The molecule has 1 atom stereocenters. The Hall–Kier alpha value is -2.82. The zero-order valence-corrected chi connectivity index (χ0v) is 15.4. The first-order valence-corrected chi connectivity index (χ1v) is 8.84. The maximum absolute atomic E-state index is 13.1. The lowest BCUT2D eigenvalue weighted by molar-refractivity contribution is -0.128. The molecule has 1 aliphatic heterocycles. The summed E-state index contributed by atoms with van der Waals surface area (Å²) >= 11 is 0. The zero-order valence-electron chi connectivity index (χ0n) is 15.4. The van der Waals surface area contributed by atoms with Crippen LogP contribution in [0.1, 0.15) is 47.3 Å². The highest BCUT2D eigenvalue weighted by molar-refractivity contribution is 5.98. The van der Waals surface area contributed by atoms with Crippen molar-refractivity contribution in [3.8, 4) is 5.75 Å². The summed E-state index contributed by atoms with van der Waals surface area (Å²) in [6, 6.07) is 14.3. The predicted molar refractivity (Wildman–Crippen MR) is 100 cm³/mol. The van der Waals surface area contributed by atoms with Crippen LogP contribution in [-0.4, -0.2) is 36.9 Å². The van der Waals surface area contributed by atoms with Crippen LogP contribution in [0.25, 0.3) is 0 Å². The second-order valence-corrected chi connectivity index (χ2v) is 6.74. The quantitative estimate of drug-likeness (QED) is 0.920. The summed E-state index contributed by atoms with van der Waals surface area (Å²) in [5.41, 5.74) is 2.56. The molecule has 0 saturated carbocycles. The number of rotatable bonds is 4. The lowest BCUT2D eigenvalue weighted by Crippen LogP contribution is -2.52. The average Bonchev–Trinajstić information content (AvgIpc) is 2.67. The fraction of sp³-hybridized carbons (Fsp3) is 0.333. The number of methoxy groups -OCH3 is 1. The van der Waals surface area contributed by atoms with E-state index in [2.05, 4.69) is 19.2 Å². The molecule has 1 saturated heterocycles. The van der Waals surface area contributed by atoms with Crippen molar-refractivity contribution in [2.45, 2.75) is 25.8 Å². The van der Waals surface area contributed by atoms with Crippen molar-refractivity contribution in [1.82, 2.24) is 10.2 Å². The number of carbonyl (C=O) groups excluding carboxylic acids is 2. The molecule has 5 heteroatoms. The summed E-state index contributed by atoms with van der Waals surface area (Å²) in [4.78, 5) is 27.2. The Morgan fingerprint density at radius 3 is 2.35 bits per heavy atom. The van der Waals surface area contributed by atoms with Crippen LogP contribution in [0.3, 0.4) is 0 Å². The van der Waals surface area contributed by atoms with Gasteiger partial charge in [0.05, 0.1) is 7.11 Å². The van der Waals surface area contributed by atoms with E-state index in [1.807, 2.05) is 36.4 Å². The van der Waals surface area contributed by atoms with Crippen molar-refractivity contribution in [1.29, 1.82) is 0 Å². The van der Waals surface area contributed by atoms with Gasteiger partial charge in [-0.15, -0.1) is 0 Å². The third-order valence-electron chi connectivity index (χ3n) is 4.73. The molecule has 1 aliphatic rings. The standard InChI is InChI=1S/C21H24N2O3/c1-14(2)15-4-6-17(7-5-15)21(25)23-13-12-22-20(24)19(23)16-8-10-18(26-3)11-9-16/h4-11,14,19H,12-13H2,1-3H3,(H,22,24). The Kier molecular flexibility index (Phi) is 5.26.